The third kappa shape index (κ3) is 4.66. The molecule has 2 rings (SSSR count). The second kappa shape index (κ2) is 8.26. The number of benzene rings is 2. The fraction of sp³-hybridized carbons (Fsp3) is 0.235. The van der Waals surface area contributed by atoms with Gasteiger partial charge < -0.3 is 20.3 Å². The van der Waals surface area contributed by atoms with Crippen molar-refractivity contribution in [2.24, 2.45) is 5.73 Å². The summed E-state index contributed by atoms with van der Waals surface area (Å²) in [6.45, 7) is -3.12. The van der Waals surface area contributed by atoms with Crippen molar-refractivity contribution in [1.82, 2.24) is 0 Å². The molecule has 1 unspecified atom stereocenters. The molecule has 0 heterocycles. The number of hydrogen-bond donors (Lipinski definition) is 2. The van der Waals surface area contributed by atoms with E-state index in [0.717, 1.165) is 5.56 Å². The van der Waals surface area contributed by atoms with Crippen molar-refractivity contribution >= 4 is 6.09 Å². The molecule has 0 aliphatic carbocycles. The first-order valence-electron chi connectivity index (χ1n) is 7.17. The average molecular weight is 337 g/mol. The van der Waals surface area contributed by atoms with Gasteiger partial charge in [-0.1, -0.05) is 36.4 Å². The Morgan fingerprint density at radius 1 is 1.12 bits per heavy atom. The number of ether oxygens (including phenoxy) is 2. The van der Waals surface area contributed by atoms with Crippen LogP contribution >= 0.6 is 0 Å². The Bertz CT molecular complexity index is 677. The summed E-state index contributed by atoms with van der Waals surface area (Å²) in [4.78, 5) is 10.8. The molecule has 0 saturated heterocycles. The third-order valence-corrected chi connectivity index (χ3v) is 3.49. The fourth-order valence-corrected chi connectivity index (χ4v) is 2.42. The summed E-state index contributed by atoms with van der Waals surface area (Å²) in [5.74, 6) is -0.367. The minimum Gasteiger partial charge on any atom is -0.445 e. The SMILES string of the molecule is NC(=O)OCc1ccccc1C(CO)c1ccc(OC(F)F)cc1. The smallest absolute Gasteiger partial charge is 0.404 e. The number of primary amides is 1. The highest BCUT2D eigenvalue weighted by atomic mass is 19.3. The van der Waals surface area contributed by atoms with Crippen molar-refractivity contribution < 1.29 is 28.2 Å². The molecule has 5 nitrogen and oxygen atoms in total. The number of aliphatic hydroxyl groups is 1. The molecular formula is C17H17F2NO4. The molecule has 1 amide bonds. The van der Waals surface area contributed by atoms with Crippen molar-refractivity contribution in [2.45, 2.75) is 19.1 Å². The lowest BCUT2D eigenvalue weighted by molar-refractivity contribution is -0.0498. The molecular weight excluding hydrogens is 320 g/mol. The first kappa shape index (κ1) is 17.7. The molecule has 0 radical (unpaired) electrons. The Hall–Kier alpha value is -2.67. The van der Waals surface area contributed by atoms with Gasteiger partial charge in [-0.05, 0) is 28.8 Å². The van der Waals surface area contributed by atoms with E-state index in [1.807, 2.05) is 0 Å². The maximum absolute atomic E-state index is 12.2. The Kier molecular flexibility index (Phi) is 6.08. The minimum absolute atomic E-state index is 0.0193. The molecule has 3 N–H and O–H groups in total. The van der Waals surface area contributed by atoms with E-state index < -0.39 is 18.6 Å². The van der Waals surface area contributed by atoms with Gasteiger partial charge in [0, 0.05) is 5.92 Å². The van der Waals surface area contributed by atoms with Crippen molar-refractivity contribution in [3.63, 3.8) is 0 Å². The van der Waals surface area contributed by atoms with Crippen LogP contribution in [0.2, 0.25) is 0 Å². The number of amides is 1. The second-order valence-corrected chi connectivity index (χ2v) is 4.99. The van der Waals surface area contributed by atoms with E-state index >= 15 is 0 Å². The van der Waals surface area contributed by atoms with Crippen molar-refractivity contribution in [2.75, 3.05) is 6.61 Å². The van der Waals surface area contributed by atoms with E-state index in [1.54, 1.807) is 36.4 Å². The quantitative estimate of drug-likeness (QED) is 0.814. The Morgan fingerprint density at radius 3 is 2.38 bits per heavy atom. The summed E-state index contributed by atoms with van der Waals surface area (Å²) in [6, 6.07) is 13.1. The summed E-state index contributed by atoms with van der Waals surface area (Å²) in [5, 5.41) is 9.77. The fourth-order valence-electron chi connectivity index (χ4n) is 2.42. The monoisotopic (exact) mass is 337 g/mol. The zero-order valence-electron chi connectivity index (χ0n) is 12.7. The number of carbonyl (C=O) groups excluding carboxylic acids is 1. The van der Waals surface area contributed by atoms with Crippen LogP contribution < -0.4 is 10.5 Å². The minimum atomic E-state index is -2.89. The highest BCUT2D eigenvalue weighted by molar-refractivity contribution is 5.64. The van der Waals surface area contributed by atoms with Crippen molar-refractivity contribution in [1.29, 1.82) is 0 Å². The molecule has 7 heteroatoms. The molecule has 0 aliphatic rings. The number of halogens is 2. The molecule has 0 aliphatic heterocycles. The zero-order chi connectivity index (χ0) is 17.5. The molecule has 1 atom stereocenters. The Labute approximate surface area is 137 Å². The standard InChI is InChI=1S/C17H17F2NO4/c18-16(19)24-13-7-5-11(6-8-13)15(9-21)14-4-2-1-3-12(14)10-23-17(20)22/h1-8,15-16,21H,9-10H2,(H2,20,22). The predicted molar refractivity (Wildman–Crippen MR) is 82.8 cm³/mol. The van der Waals surface area contributed by atoms with E-state index in [0.29, 0.717) is 11.1 Å². The second-order valence-electron chi connectivity index (χ2n) is 4.99. The number of carbonyl (C=O) groups is 1. The Balaban J connectivity index is 2.26. The van der Waals surface area contributed by atoms with Crippen LogP contribution in [0.15, 0.2) is 48.5 Å². The number of nitrogens with two attached hydrogens (primary N) is 1. The van der Waals surface area contributed by atoms with Crippen molar-refractivity contribution in [3.8, 4) is 5.75 Å². The van der Waals surface area contributed by atoms with Gasteiger partial charge in [-0.25, -0.2) is 4.79 Å². The van der Waals surface area contributed by atoms with Gasteiger partial charge in [0.25, 0.3) is 0 Å². The van der Waals surface area contributed by atoms with Crippen LogP contribution in [0.3, 0.4) is 0 Å². The zero-order valence-corrected chi connectivity index (χ0v) is 12.7. The van der Waals surface area contributed by atoms with Gasteiger partial charge in [-0.3, -0.25) is 0 Å². The molecule has 2 aromatic rings. The van der Waals surface area contributed by atoms with E-state index in [9.17, 15) is 18.7 Å². The van der Waals surface area contributed by atoms with Gasteiger partial charge in [-0.2, -0.15) is 8.78 Å². The molecule has 0 fully saturated rings. The summed E-state index contributed by atoms with van der Waals surface area (Å²) in [6.07, 6.45) is -0.890. The normalized spacial score (nSPS) is 12.0. The summed E-state index contributed by atoms with van der Waals surface area (Å²) < 4.78 is 33.5. The van der Waals surface area contributed by atoms with Crippen LogP contribution in [-0.4, -0.2) is 24.4 Å². The topological polar surface area (TPSA) is 81.8 Å². The van der Waals surface area contributed by atoms with E-state index in [-0.39, 0.29) is 19.0 Å². The van der Waals surface area contributed by atoms with Crippen molar-refractivity contribution in [3.05, 3.63) is 65.2 Å². The van der Waals surface area contributed by atoms with Gasteiger partial charge in [-0.15, -0.1) is 0 Å². The van der Waals surface area contributed by atoms with E-state index in [1.165, 1.54) is 12.1 Å². The van der Waals surface area contributed by atoms with E-state index in [2.05, 4.69) is 4.74 Å². The van der Waals surface area contributed by atoms with Gasteiger partial charge in [0.05, 0.1) is 6.61 Å². The molecule has 0 saturated carbocycles. The van der Waals surface area contributed by atoms with Gasteiger partial charge in [0.1, 0.15) is 12.4 Å². The lowest BCUT2D eigenvalue weighted by Crippen LogP contribution is -2.15. The summed E-state index contributed by atoms with van der Waals surface area (Å²) in [5.41, 5.74) is 7.15. The Morgan fingerprint density at radius 2 is 1.79 bits per heavy atom. The number of aliphatic hydroxyl groups excluding tert-OH is 1. The average Bonchev–Trinajstić information content (AvgIpc) is 2.55. The maximum atomic E-state index is 12.2. The van der Waals surface area contributed by atoms with Gasteiger partial charge >= 0.3 is 12.7 Å². The molecule has 2 aromatic carbocycles. The van der Waals surface area contributed by atoms with Crippen LogP contribution in [0.1, 0.15) is 22.6 Å². The molecule has 0 aromatic heterocycles. The van der Waals surface area contributed by atoms with E-state index in [4.69, 9.17) is 10.5 Å². The van der Waals surface area contributed by atoms with Crippen LogP contribution in [-0.2, 0) is 11.3 Å². The van der Waals surface area contributed by atoms with Crippen LogP contribution in [0.5, 0.6) is 5.75 Å². The number of hydrogen-bond acceptors (Lipinski definition) is 4. The summed E-state index contributed by atoms with van der Waals surface area (Å²) in [7, 11) is 0. The number of rotatable bonds is 7. The maximum Gasteiger partial charge on any atom is 0.404 e. The molecule has 128 valence electrons. The third-order valence-electron chi connectivity index (χ3n) is 3.49. The van der Waals surface area contributed by atoms with Crippen LogP contribution in [0.4, 0.5) is 13.6 Å². The van der Waals surface area contributed by atoms with Gasteiger partial charge in [0.15, 0.2) is 0 Å². The molecule has 0 spiro atoms. The predicted octanol–water partition coefficient (Wildman–Crippen LogP) is 3.01. The highest BCUT2D eigenvalue weighted by Gasteiger charge is 2.17. The first-order chi connectivity index (χ1) is 11.5. The first-order valence-corrected chi connectivity index (χ1v) is 7.17. The summed E-state index contributed by atoms with van der Waals surface area (Å²) >= 11 is 0. The lowest BCUT2D eigenvalue weighted by atomic mass is 9.89. The largest absolute Gasteiger partial charge is 0.445 e. The van der Waals surface area contributed by atoms with Crippen LogP contribution in [0, 0.1) is 0 Å². The lowest BCUT2D eigenvalue weighted by Gasteiger charge is -2.19. The van der Waals surface area contributed by atoms with Crippen LogP contribution in [0.25, 0.3) is 0 Å². The molecule has 0 bridgehead atoms. The number of alkyl halides is 2. The molecule has 24 heavy (non-hydrogen) atoms. The highest BCUT2D eigenvalue weighted by Crippen LogP contribution is 2.29. The van der Waals surface area contributed by atoms with Gasteiger partial charge in [0.2, 0.25) is 0 Å².